The number of carbonyl (C=O) groups excluding carboxylic acids is 1. The number of nitro groups is 1. The van der Waals surface area contributed by atoms with Crippen molar-refractivity contribution < 1.29 is 19.2 Å². The molecular weight excluding hydrogens is 334 g/mol. The first-order valence-corrected chi connectivity index (χ1v) is 7.65. The van der Waals surface area contributed by atoms with Gasteiger partial charge in [-0.3, -0.25) is 14.9 Å². The second kappa shape index (κ2) is 6.49. The Hall–Kier alpha value is -2.60. The Labute approximate surface area is 143 Å². The molecule has 0 aliphatic carbocycles. The van der Waals surface area contributed by atoms with Crippen molar-refractivity contribution in [2.24, 2.45) is 0 Å². The Morgan fingerprint density at radius 3 is 2.67 bits per heavy atom. The number of esters is 1. The molecule has 0 saturated heterocycles. The van der Waals surface area contributed by atoms with Gasteiger partial charge in [-0.15, -0.1) is 0 Å². The number of para-hydroxylation sites is 1. The molecule has 2 aromatic rings. The highest BCUT2D eigenvalue weighted by Crippen LogP contribution is 2.47. The highest BCUT2D eigenvalue weighted by Gasteiger charge is 2.41. The summed E-state index contributed by atoms with van der Waals surface area (Å²) in [5.74, 6) is -1.22. The van der Waals surface area contributed by atoms with Crippen LogP contribution in [-0.4, -0.2) is 24.5 Å². The van der Waals surface area contributed by atoms with Gasteiger partial charge in [0.15, 0.2) is 0 Å². The third-order valence-corrected chi connectivity index (χ3v) is 4.28. The number of hydrogen-bond donors (Lipinski definition) is 0. The molecule has 0 radical (unpaired) electrons. The molecule has 6 nitrogen and oxygen atoms in total. The van der Waals surface area contributed by atoms with Gasteiger partial charge in [-0.2, -0.15) is 0 Å². The number of carbonyl (C=O) groups is 1. The van der Waals surface area contributed by atoms with Gasteiger partial charge in [0.25, 0.3) is 0 Å². The molecule has 3 rings (SSSR count). The SMILES string of the molecule is COC(=O)[C@H]1c2ccccc2Oc2ccc(Cl)cc2[C@@H]1C[N+](=O)[O-]. The van der Waals surface area contributed by atoms with Crippen LogP contribution < -0.4 is 4.74 Å². The number of ether oxygens (including phenoxy) is 2. The van der Waals surface area contributed by atoms with Crippen LogP contribution in [0.1, 0.15) is 23.0 Å². The number of methoxy groups -OCH3 is 1. The fraction of sp³-hybridized carbons (Fsp3) is 0.235. The molecule has 0 amide bonds. The van der Waals surface area contributed by atoms with Crippen LogP contribution in [0.5, 0.6) is 11.5 Å². The van der Waals surface area contributed by atoms with E-state index < -0.39 is 29.3 Å². The molecule has 7 heteroatoms. The van der Waals surface area contributed by atoms with Crippen molar-refractivity contribution in [3.05, 3.63) is 68.7 Å². The number of rotatable bonds is 3. The van der Waals surface area contributed by atoms with E-state index in [1.54, 1.807) is 42.5 Å². The summed E-state index contributed by atoms with van der Waals surface area (Å²) >= 11 is 6.06. The molecule has 0 fully saturated rings. The summed E-state index contributed by atoms with van der Waals surface area (Å²) < 4.78 is 10.8. The first-order valence-electron chi connectivity index (χ1n) is 7.27. The van der Waals surface area contributed by atoms with Gasteiger partial charge in [0.1, 0.15) is 11.5 Å². The molecule has 2 aromatic carbocycles. The molecule has 1 heterocycles. The van der Waals surface area contributed by atoms with Gasteiger partial charge in [-0.1, -0.05) is 29.8 Å². The number of halogens is 1. The highest BCUT2D eigenvalue weighted by atomic mass is 35.5. The maximum atomic E-state index is 12.4. The van der Waals surface area contributed by atoms with Gasteiger partial charge >= 0.3 is 5.97 Å². The summed E-state index contributed by atoms with van der Waals surface area (Å²) in [6.45, 7) is -0.440. The van der Waals surface area contributed by atoms with E-state index in [-0.39, 0.29) is 0 Å². The molecule has 0 saturated carbocycles. The molecule has 1 aliphatic heterocycles. The lowest BCUT2D eigenvalue weighted by atomic mass is 9.81. The fourth-order valence-electron chi connectivity index (χ4n) is 3.03. The Morgan fingerprint density at radius 1 is 1.25 bits per heavy atom. The summed E-state index contributed by atoms with van der Waals surface area (Å²) in [5, 5.41) is 11.6. The summed E-state index contributed by atoms with van der Waals surface area (Å²) in [4.78, 5) is 23.2. The van der Waals surface area contributed by atoms with Crippen LogP contribution in [-0.2, 0) is 9.53 Å². The quantitative estimate of drug-likeness (QED) is 0.480. The van der Waals surface area contributed by atoms with Gasteiger partial charge in [-0.05, 0) is 24.3 Å². The molecule has 0 N–H and O–H groups in total. The Balaban J connectivity index is 2.26. The van der Waals surface area contributed by atoms with E-state index >= 15 is 0 Å². The van der Waals surface area contributed by atoms with Crippen molar-refractivity contribution in [2.45, 2.75) is 11.8 Å². The fourth-order valence-corrected chi connectivity index (χ4v) is 3.21. The maximum Gasteiger partial charge on any atom is 0.314 e. The zero-order valence-electron chi connectivity index (χ0n) is 12.8. The van der Waals surface area contributed by atoms with Gasteiger partial charge in [0, 0.05) is 21.1 Å². The first-order chi connectivity index (χ1) is 11.5. The van der Waals surface area contributed by atoms with Gasteiger partial charge in [-0.25, -0.2) is 0 Å². The van der Waals surface area contributed by atoms with Crippen molar-refractivity contribution in [1.82, 2.24) is 0 Å². The van der Waals surface area contributed by atoms with E-state index in [4.69, 9.17) is 21.1 Å². The van der Waals surface area contributed by atoms with Gasteiger partial charge < -0.3 is 9.47 Å². The second-order valence-corrected chi connectivity index (χ2v) is 5.88. The van der Waals surface area contributed by atoms with Crippen LogP contribution in [0.2, 0.25) is 5.02 Å². The predicted octanol–water partition coefficient (Wildman–Crippen LogP) is 3.76. The van der Waals surface area contributed by atoms with E-state index in [0.29, 0.717) is 27.6 Å². The lowest BCUT2D eigenvalue weighted by Crippen LogP contribution is -2.26. The van der Waals surface area contributed by atoms with E-state index in [1.807, 2.05) is 0 Å². The average molecular weight is 348 g/mol. The topological polar surface area (TPSA) is 78.7 Å². The lowest BCUT2D eigenvalue weighted by molar-refractivity contribution is -0.483. The second-order valence-electron chi connectivity index (χ2n) is 5.44. The van der Waals surface area contributed by atoms with Crippen molar-refractivity contribution >= 4 is 17.6 Å². The summed E-state index contributed by atoms with van der Waals surface area (Å²) in [6, 6.07) is 11.9. The van der Waals surface area contributed by atoms with Crippen molar-refractivity contribution in [2.75, 3.05) is 13.7 Å². The van der Waals surface area contributed by atoms with Crippen LogP contribution in [0, 0.1) is 10.1 Å². The molecule has 24 heavy (non-hydrogen) atoms. The number of benzene rings is 2. The van der Waals surface area contributed by atoms with Crippen molar-refractivity contribution in [3.8, 4) is 11.5 Å². The molecule has 2 atom stereocenters. The first kappa shape index (κ1) is 16.3. The smallest absolute Gasteiger partial charge is 0.314 e. The van der Waals surface area contributed by atoms with Crippen LogP contribution in [0.4, 0.5) is 0 Å². The van der Waals surface area contributed by atoms with Gasteiger partial charge in [0.05, 0.1) is 18.9 Å². The highest BCUT2D eigenvalue weighted by molar-refractivity contribution is 6.30. The standard InChI is InChI=1S/C17H14ClNO5/c1-23-17(20)16-11-4-2-3-5-14(11)24-15-7-6-10(18)8-12(15)13(16)9-19(21)22/h2-8,13,16H,9H2,1H3/t13-,16-/m0/s1. The van der Waals surface area contributed by atoms with E-state index in [2.05, 4.69) is 0 Å². The van der Waals surface area contributed by atoms with Crippen LogP contribution in [0.15, 0.2) is 42.5 Å². The number of fused-ring (bicyclic) bond motifs is 2. The van der Waals surface area contributed by atoms with Crippen LogP contribution in [0.3, 0.4) is 0 Å². The van der Waals surface area contributed by atoms with Crippen molar-refractivity contribution in [1.29, 1.82) is 0 Å². The average Bonchev–Trinajstić information content (AvgIpc) is 2.68. The molecule has 0 spiro atoms. The zero-order chi connectivity index (χ0) is 17.3. The lowest BCUT2D eigenvalue weighted by Gasteiger charge is -2.21. The van der Waals surface area contributed by atoms with E-state index in [9.17, 15) is 14.9 Å². The monoisotopic (exact) mass is 347 g/mol. The minimum Gasteiger partial charge on any atom is -0.469 e. The normalized spacial score (nSPS) is 18.6. The maximum absolute atomic E-state index is 12.4. The largest absolute Gasteiger partial charge is 0.469 e. The Bertz CT molecular complexity index is 807. The minimum absolute atomic E-state index is 0.417. The molecular formula is C17H14ClNO5. The van der Waals surface area contributed by atoms with Crippen LogP contribution >= 0.6 is 11.6 Å². The van der Waals surface area contributed by atoms with Crippen LogP contribution in [0.25, 0.3) is 0 Å². The number of nitrogens with zero attached hydrogens (tertiary/aromatic N) is 1. The molecule has 0 unspecified atom stereocenters. The minimum atomic E-state index is -0.851. The molecule has 0 aromatic heterocycles. The Morgan fingerprint density at radius 2 is 1.96 bits per heavy atom. The van der Waals surface area contributed by atoms with E-state index in [0.717, 1.165) is 0 Å². The Kier molecular flexibility index (Phi) is 4.40. The third kappa shape index (κ3) is 2.92. The number of hydrogen-bond acceptors (Lipinski definition) is 5. The predicted molar refractivity (Wildman–Crippen MR) is 87.3 cm³/mol. The third-order valence-electron chi connectivity index (χ3n) is 4.05. The zero-order valence-corrected chi connectivity index (χ0v) is 13.5. The van der Waals surface area contributed by atoms with Gasteiger partial charge in [0.2, 0.25) is 6.54 Å². The summed E-state index contributed by atoms with van der Waals surface area (Å²) in [6.07, 6.45) is 0. The van der Waals surface area contributed by atoms with E-state index in [1.165, 1.54) is 7.11 Å². The molecule has 0 bridgehead atoms. The summed E-state index contributed by atoms with van der Waals surface area (Å²) in [5.41, 5.74) is 1.08. The molecule has 1 aliphatic rings. The molecule has 124 valence electrons. The summed E-state index contributed by atoms with van der Waals surface area (Å²) in [7, 11) is 1.26. The van der Waals surface area contributed by atoms with Crippen molar-refractivity contribution in [3.63, 3.8) is 0 Å².